The first-order chi connectivity index (χ1) is 19.5. The maximum atomic E-state index is 14.1. The van der Waals surface area contributed by atoms with Gasteiger partial charge in [0, 0.05) is 38.4 Å². The van der Waals surface area contributed by atoms with Gasteiger partial charge in [-0.1, -0.05) is 30.3 Å². The normalized spacial score (nSPS) is 18.8. The quantitative estimate of drug-likeness (QED) is 0.524. The van der Waals surface area contributed by atoms with Crippen molar-refractivity contribution in [3.63, 3.8) is 0 Å². The summed E-state index contributed by atoms with van der Waals surface area (Å²) < 4.78 is 52.4. The molecule has 41 heavy (non-hydrogen) atoms. The van der Waals surface area contributed by atoms with Crippen molar-refractivity contribution in [2.75, 3.05) is 52.3 Å². The topological polar surface area (TPSA) is 112 Å². The second kappa shape index (κ2) is 12.0. The van der Waals surface area contributed by atoms with Gasteiger partial charge in [0.2, 0.25) is 0 Å². The molecule has 0 spiro atoms. The van der Waals surface area contributed by atoms with Gasteiger partial charge >= 0.3 is 18.1 Å². The van der Waals surface area contributed by atoms with Crippen LogP contribution in [0.3, 0.4) is 0 Å². The van der Waals surface area contributed by atoms with Crippen LogP contribution in [0, 0.1) is 11.3 Å². The molecule has 1 fully saturated rings. The van der Waals surface area contributed by atoms with Crippen molar-refractivity contribution in [2.24, 2.45) is 5.73 Å². The first-order valence-corrected chi connectivity index (χ1v) is 12.8. The van der Waals surface area contributed by atoms with Gasteiger partial charge in [0.05, 0.1) is 42.9 Å². The van der Waals surface area contributed by atoms with Gasteiger partial charge in [-0.15, -0.1) is 0 Å². The van der Waals surface area contributed by atoms with E-state index in [1.54, 1.807) is 30.3 Å². The van der Waals surface area contributed by atoms with Crippen LogP contribution in [0.1, 0.15) is 22.6 Å². The lowest BCUT2D eigenvalue weighted by molar-refractivity contribution is -0.139. The molecule has 0 bridgehead atoms. The molecule has 1 saturated heterocycles. The zero-order valence-corrected chi connectivity index (χ0v) is 22.9. The van der Waals surface area contributed by atoms with Gasteiger partial charge in [-0.05, 0) is 36.4 Å². The fourth-order valence-electron chi connectivity index (χ4n) is 5.10. The molecule has 0 aliphatic carbocycles. The second-order valence-electron chi connectivity index (χ2n) is 9.80. The Morgan fingerprint density at radius 2 is 1.66 bits per heavy atom. The first kappa shape index (κ1) is 29.6. The molecule has 2 aliphatic rings. The summed E-state index contributed by atoms with van der Waals surface area (Å²) in [5.41, 5.74) is 5.27. The molecule has 0 aromatic heterocycles. The number of rotatable bonds is 6. The predicted octanol–water partition coefficient (Wildman–Crippen LogP) is 3.35. The summed E-state index contributed by atoms with van der Waals surface area (Å²) in [5, 5.41) is 10.2. The summed E-state index contributed by atoms with van der Waals surface area (Å²) in [6.07, 6.45) is -4.73. The van der Waals surface area contributed by atoms with E-state index in [9.17, 15) is 28.0 Å². The molecule has 0 radical (unpaired) electrons. The minimum absolute atomic E-state index is 0.137. The highest BCUT2D eigenvalue weighted by Gasteiger charge is 2.43. The third-order valence-electron chi connectivity index (χ3n) is 7.18. The number of alkyl halides is 3. The lowest BCUT2D eigenvalue weighted by Crippen LogP contribution is -2.44. The molecule has 0 amide bonds. The third-order valence-corrected chi connectivity index (χ3v) is 7.18. The van der Waals surface area contributed by atoms with Crippen LogP contribution >= 0.6 is 0 Å². The van der Waals surface area contributed by atoms with Crippen LogP contribution in [0.4, 0.5) is 18.9 Å². The molecule has 216 valence electrons. The standard InChI is InChI=1S/C29H30F3N5O4/c1-35-9-11-36(12-10-35)17-18-13-20(29(30,31)32)15-21(14-18)37-25(28(39)41-3)24(27(38)40-2)23(22(16-33)26(37)34)19-7-5-4-6-8-19/h4-8,13-15,23H,9-12,17,34H2,1-3H3. The van der Waals surface area contributed by atoms with Crippen molar-refractivity contribution >= 4 is 17.6 Å². The second-order valence-corrected chi connectivity index (χ2v) is 9.80. The summed E-state index contributed by atoms with van der Waals surface area (Å²) >= 11 is 0. The number of halogens is 3. The molecule has 1 unspecified atom stereocenters. The SMILES string of the molecule is COC(=O)C1=C(C(=O)OC)N(c2cc(CN3CCN(C)CC3)cc(C(F)(F)F)c2)C(N)=C(C#N)C1c1ccccc1. The Balaban J connectivity index is 1.97. The number of likely N-dealkylation sites (N-methyl/N-ethyl adjacent to an activating group) is 1. The maximum absolute atomic E-state index is 14.1. The van der Waals surface area contributed by atoms with E-state index in [-0.39, 0.29) is 29.2 Å². The van der Waals surface area contributed by atoms with Gasteiger partial charge in [-0.3, -0.25) is 9.80 Å². The number of nitrogens with zero attached hydrogens (tertiary/aromatic N) is 4. The molecule has 2 N–H and O–H groups in total. The Bertz CT molecular complexity index is 1420. The monoisotopic (exact) mass is 569 g/mol. The molecule has 2 aliphatic heterocycles. The van der Waals surface area contributed by atoms with Gasteiger partial charge in [-0.25, -0.2) is 9.59 Å². The number of carbonyl (C=O) groups excluding carboxylic acids is 2. The van der Waals surface area contributed by atoms with Crippen LogP contribution in [0.5, 0.6) is 0 Å². The first-order valence-electron chi connectivity index (χ1n) is 12.8. The highest BCUT2D eigenvalue weighted by Crippen LogP contribution is 2.44. The molecule has 2 heterocycles. The number of esters is 2. The van der Waals surface area contributed by atoms with Gasteiger partial charge in [0.15, 0.2) is 0 Å². The van der Waals surface area contributed by atoms with E-state index in [0.717, 1.165) is 44.3 Å². The fourth-order valence-corrected chi connectivity index (χ4v) is 5.10. The Kier molecular flexibility index (Phi) is 8.70. The number of methoxy groups -OCH3 is 2. The van der Waals surface area contributed by atoms with Crippen LogP contribution in [-0.2, 0) is 31.8 Å². The predicted molar refractivity (Wildman–Crippen MR) is 144 cm³/mol. The zero-order chi connectivity index (χ0) is 29.9. The molecule has 9 nitrogen and oxygen atoms in total. The largest absolute Gasteiger partial charge is 0.466 e. The summed E-state index contributed by atoms with van der Waals surface area (Å²) in [6, 6.07) is 13.7. The average molecular weight is 570 g/mol. The Morgan fingerprint density at radius 1 is 1.02 bits per heavy atom. The number of nitrogens with two attached hydrogens (primary N) is 1. The van der Waals surface area contributed by atoms with E-state index < -0.39 is 35.3 Å². The van der Waals surface area contributed by atoms with Gasteiger partial charge in [0.1, 0.15) is 11.5 Å². The highest BCUT2D eigenvalue weighted by atomic mass is 19.4. The summed E-state index contributed by atoms with van der Waals surface area (Å²) in [6.45, 7) is 3.05. The number of ether oxygens (including phenoxy) is 2. The van der Waals surface area contributed by atoms with Crippen LogP contribution in [0.15, 0.2) is 71.2 Å². The smallest absolute Gasteiger partial charge is 0.416 e. The maximum Gasteiger partial charge on any atom is 0.416 e. The van der Waals surface area contributed by atoms with Gasteiger partial charge in [-0.2, -0.15) is 18.4 Å². The number of benzene rings is 2. The number of anilines is 1. The summed E-state index contributed by atoms with van der Waals surface area (Å²) in [4.78, 5) is 31.7. The number of carbonyl (C=O) groups is 2. The van der Waals surface area contributed by atoms with Crippen LogP contribution in [0.25, 0.3) is 0 Å². The van der Waals surface area contributed by atoms with E-state index >= 15 is 0 Å². The van der Waals surface area contributed by atoms with E-state index in [2.05, 4.69) is 4.90 Å². The number of hydrogen-bond donors (Lipinski definition) is 1. The number of hydrogen-bond acceptors (Lipinski definition) is 9. The Hall–Kier alpha value is -4.34. The van der Waals surface area contributed by atoms with E-state index in [0.29, 0.717) is 24.2 Å². The van der Waals surface area contributed by atoms with Gasteiger partial charge < -0.3 is 20.1 Å². The number of piperazine rings is 1. The Morgan fingerprint density at radius 3 is 2.22 bits per heavy atom. The number of nitriles is 1. The van der Waals surface area contributed by atoms with E-state index in [1.165, 1.54) is 6.07 Å². The van der Waals surface area contributed by atoms with E-state index in [4.69, 9.17) is 15.2 Å². The molecule has 2 aromatic carbocycles. The Labute approximate surface area is 235 Å². The van der Waals surface area contributed by atoms with Crippen LogP contribution in [0.2, 0.25) is 0 Å². The minimum atomic E-state index is -4.73. The van der Waals surface area contributed by atoms with Crippen molar-refractivity contribution < 1.29 is 32.2 Å². The fraction of sp³-hybridized carbons (Fsp3) is 0.345. The molecule has 0 saturated carbocycles. The van der Waals surface area contributed by atoms with Crippen molar-refractivity contribution in [3.05, 3.63) is 87.9 Å². The minimum Gasteiger partial charge on any atom is -0.466 e. The molecule has 2 aromatic rings. The molecule has 1 atom stereocenters. The third kappa shape index (κ3) is 6.06. The highest BCUT2D eigenvalue weighted by molar-refractivity contribution is 6.06. The molecule has 4 rings (SSSR count). The summed E-state index contributed by atoms with van der Waals surface area (Å²) in [7, 11) is 4.15. The lowest BCUT2D eigenvalue weighted by Gasteiger charge is -2.36. The molecule has 12 heteroatoms. The van der Waals surface area contributed by atoms with Crippen LogP contribution < -0.4 is 10.6 Å². The van der Waals surface area contributed by atoms with Gasteiger partial charge in [0.25, 0.3) is 0 Å². The van der Waals surface area contributed by atoms with Crippen molar-refractivity contribution in [1.82, 2.24) is 9.80 Å². The van der Waals surface area contributed by atoms with Crippen LogP contribution in [-0.4, -0.2) is 69.2 Å². The molecular weight excluding hydrogens is 539 g/mol. The zero-order valence-electron chi connectivity index (χ0n) is 22.9. The summed E-state index contributed by atoms with van der Waals surface area (Å²) in [5.74, 6) is -3.44. The van der Waals surface area contributed by atoms with E-state index in [1.807, 2.05) is 18.0 Å². The molecular formula is C29H30F3N5O4. The average Bonchev–Trinajstić information content (AvgIpc) is 2.96. The lowest BCUT2D eigenvalue weighted by atomic mass is 9.81. The van der Waals surface area contributed by atoms with Crippen molar-refractivity contribution in [1.29, 1.82) is 5.26 Å². The number of allylic oxidation sites excluding steroid dienone is 1. The van der Waals surface area contributed by atoms with Crippen molar-refractivity contribution in [2.45, 2.75) is 18.6 Å². The van der Waals surface area contributed by atoms with Crippen molar-refractivity contribution in [3.8, 4) is 6.07 Å².